The van der Waals surface area contributed by atoms with Crippen LogP contribution in [0.1, 0.15) is 10.4 Å². The van der Waals surface area contributed by atoms with E-state index < -0.39 is 23.6 Å². The minimum atomic E-state index is -1.01. The fourth-order valence-electron chi connectivity index (χ4n) is 2.29. The van der Waals surface area contributed by atoms with Crippen LogP contribution in [0.2, 0.25) is 0 Å². The second-order valence-electron chi connectivity index (χ2n) is 5.41. The number of thiophene rings is 1. The summed E-state index contributed by atoms with van der Waals surface area (Å²) in [5.41, 5.74) is 6.17. The van der Waals surface area contributed by atoms with Crippen molar-refractivity contribution in [1.29, 1.82) is 0 Å². The maximum atomic E-state index is 13.5. The molecule has 2 heterocycles. The Balaban J connectivity index is 1.94. The summed E-state index contributed by atoms with van der Waals surface area (Å²) in [5, 5.41) is 8.13. The van der Waals surface area contributed by atoms with Gasteiger partial charge in [-0.15, -0.1) is 11.3 Å². The van der Waals surface area contributed by atoms with Crippen molar-refractivity contribution < 1.29 is 18.4 Å². The summed E-state index contributed by atoms with van der Waals surface area (Å²) in [6.45, 7) is 0. The highest BCUT2D eigenvalue weighted by Gasteiger charge is 2.19. The van der Waals surface area contributed by atoms with Gasteiger partial charge in [0.1, 0.15) is 5.00 Å². The Labute approximate surface area is 157 Å². The van der Waals surface area contributed by atoms with Crippen LogP contribution >= 0.6 is 11.3 Å². The van der Waals surface area contributed by atoms with E-state index in [0.29, 0.717) is 16.1 Å². The Morgan fingerprint density at radius 3 is 2.63 bits per heavy atom. The molecule has 0 saturated carbocycles. The minimum Gasteiger partial charge on any atom is -0.366 e. The van der Waals surface area contributed by atoms with Gasteiger partial charge in [-0.25, -0.2) is 13.6 Å². The molecule has 0 fully saturated rings. The van der Waals surface area contributed by atoms with Crippen LogP contribution in [0, 0.1) is 11.6 Å². The first-order chi connectivity index (χ1) is 12.9. The maximum absolute atomic E-state index is 13.5. The molecule has 3 amide bonds. The van der Waals surface area contributed by atoms with Crippen molar-refractivity contribution in [1.82, 2.24) is 10.6 Å². The Morgan fingerprint density at radius 1 is 1.07 bits per heavy atom. The van der Waals surface area contributed by atoms with E-state index in [4.69, 9.17) is 5.73 Å². The second kappa shape index (κ2) is 7.83. The van der Waals surface area contributed by atoms with Crippen LogP contribution in [0.25, 0.3) is 10.4 Å². The van der Waals surface area contributed by atoms with Gasteiger partial charge in [-0.05, 0) is 35.9 Å². The van der Waals surface area contributed by atoms with Gasteiger partial charge in [0.15, 0.2) is 11.6 Å². The number of hydrogen-bond acceptors (Lipinski definition) is 4. The molecule has 1 aromatic heterocycles. The number of halogens is 2. The molecule has 3 rings (SSSR count). The molecule has 1 aliphatic rings. The van der Waals surface area contributed by atoms with Gasteiger partial charge in [0.05, 0.1) is 11.3 Å². The molecule has 0 spiro atoms. The van der Waals surface area contributed by atoms with E-state index in [9.17, 15) is 18.4 Å². The van der Waals surface area contributed by atoms with E-state index in [0.717, 1.165) is 23.5 Å². The van der Waals surface area contributed by atoms with E-state index in [1.165, 1.54) is 12.1 Å². The van der Waals surface area contributed by atoms with Gasteiger partial charge in [-0.3, -0.25) is 10.1 Å². The largest absolute Gasteiger partial charge is 0.366 e. The lowest BCUT2D eigenvalue weighted by atomic mass is 10.1. The fraction of sp³-hybridized carbons (Fsp3) is 0. The summed E-state index contributed by atoms with van der Waals surface area (Å²) in [7, 11) is 0. The molecule has 6 nitrogen and oxygen atoms in total. The van der Waals surface area contributed by atoms with Crippen molar-refractivity contribution in [2.75, 3.05) is 5.32 Å². The topological polar surface area (TPSA) is 96.2 Å². The van der Waals surface area contributed by atoms with Crippen LogP contribution in [0.3, 0.4) is 0 Å². The van der Waals surface area contributed by atoms with Crippen LogP contribution in [0.4, 0.5) is 18.6 Å². The lowest BCUT2D eigenvalue weighted by molar-refractivity contribution is 0.0968. The van der Waals surface area contributed by atoms with Gasteiger partial charge in [0.2, 0.25) is 0 Å². The zero-order valence-electron chi connectivity index (χ0n) is 13.8. The summed E-state index contributed by atoms with van der Waals surface area (Å²) >= 11 is 1.02. The predicted octanol–water partition coefficient (Wildman–Crippen LogP) is 3.43. The average molecular weight is 388 g/mol. The van der Waals surface area contributed by atoms with Crippen molar-refractivity contribution in [3.05, 3.63) is 77.8 Å². The quantitative estimate of drug-likeness (QED) is 0.646. The van der Waals surface area contributed by atoms with E-state index in [1.54, 1.807) is 30.6 Å². The number of urea groups is 1. The highest BCUT2D eigenvalue weighted by molar-refractivity contribution is 7.20. The molecular weight excluding hydrogens is 374 g/mol. The van der Waals surface area contributed by atoms with E-state index >= 15 is 0 Å². The number of rotatable bonds is 4. The molecule has 1 aromatic carbocycles. The van der Waals surface area contributed by atoms with Gasteiger partial charge in [-0.1, -0.05) is 12.1 Å². The normalized spacial score (nSPS) is 12.7. The second-order valence-corrected chi connectivity index (χ2v) is 6.46. The summed E-state index contributed by atoms with van der Waals surface area (Å²) in [4.78, 5) is 24.4. The van der Waals surface area contributed by atoms with E-state index in [2.05, 4.69) is 16.0 Å². The molecule has 0 saturated heterocycles. The number of nitrogens with one attached hydrogen (secondary N) is 3. The third-order valence-electron chi connectivity index (χ3n) is 3.49. The smallest absolute Gasteiger partial charge is 0.317 e. The van der Waals surface area contributed by atoms with Gasteiger partial charge in [0.25, 0.3) is 5.91 Å². The van der Waals surface area contributed by atoms with Crippen molar-refractivity contribution in [3.8, 4) is 10.4 Å². The third kappa shape index (κ3) is 4.39. The van der Waals surface area contributed by atoms with E-state index in [-0.39, 0.29) is 10.6 Å². The molecule has 0 bridgehead atoms. The Morgan fingerprint density at radius 2 is 1.89 bits per heavy atom. The number of carbonyl (C=O) groups is 2. The molecule has 0 atom stereocenters. The SMILES string of the molecule is NC(=O)Nc1sc(-c2ccc(F)c(F)c2)cc1C(=O)NC1=CNC=CC=C1. The molecule has 0 aliphatic carbocycles. The minimum absolute atomic E-state index is 0.144. The average Bonchev–Trinajstić information content (AvgIpc) is 2.85. The zero-order valence-corrected chi connectivity index (χ0v) is 14.6. The monoisotopic (exact) mass is 388 g/mol. The Bertz CT molecular complexity index is 995. The molecule has 0 radical (unpaired) electrons. The third-order valence-corrected chi connectivity index (χ3v) is 4.59. The summed E-state index contributed by atoms with van der Waals surface area (Å²) in [6, 6.07) is 4.02. The summed E-state index contributed by atoms with van der Waals surface area (Å²) < 4.78 is 26.7. The van der Waals surface area contributed by atoms with Crippen molar-refractivity contribution in [2.24, 2.45) is 5.73 Å². The number of carbonyl (C=O) groups excluding carboxylic acids is 2. The predicted molar refractivity (Wildman–Crippen MR) is 99.8 cm³/mol. The Kier molecular flexibility index (Phi) is 5.32. The first-order valence-electron chi connectivity index (χ1n) is 7.70. The van der Waals surface area contributed by atoms with Gasteiger partial charge in [0, 0.05) is 17.3 Å². The lowest BCUT2D eigenvalue weighted by Gasteiger charge is -2.06. The molecule has 0 unspecified atom stereocenters. The number of allylic oxidation sites excluding steroid dienone is 3. The maximum Gasteiger partial charge on any atom is 0.317 e. The van der Waals surface area contributed by atoms with Gasteiger partial charge >= 0.3 is 6.03 Å². The van der Waals surface area contributed by atoms with Gasteiger partial charge in [-0.2, -0.15) is 0 Å². The zero-order chi connectivity index (χ0) is 19.4. The molecule has 1 aliphatic heterocycles. The lowest BCUT2D eigenvalue weighted by Crippen LogP contribution is -2.25. The molecule has 2 aromatic rings. The van der Waals surface area contributed by atoms with Gasteiger partial charge < -0.3 is 16.4 Å². The number of anilines is 1. The van der Waals surface area contributed by atoms with Crippen LogP contribution < -0.4 is 21.7 Å². The summed E-state index contributed by atoms with van der Waals surface area (Å²) in [6.07, 6.45) is 8.43. The number of amides is 3. The van der Waals surface area contributed by atoms with Crippen LogP contribution in [-0.4, -0.2) is 11.9 Å². The number of benzene rings is 1. The first kappa shape index (κ1) is 18.3. The van der Waals surface area contributed by atoms with Crippen LogP contribution in [0.5, 0.6) is 0 Å². The van der Waals surface area contributed by atoms with E-state index in [1.807, 2.05) is 0 Å². The van der Waals surface area contributed by atoms with Crippen molar-refractivity contribution in [2.45, 2.75) is 0 Å². The highest BCUT2D eigenvalue weighted by atomic mass is 32.1. The van der Waals surface area contributed by atoms with Crippen molar-refractivity contribution in [3.63, 3.8) is 0 Å². The first-order valence-corrected chi connectivity index (χ1v) is 8.52. The van der Waals surface area contributed by atoms with Crippen LogP contribution in [0.15, 0.2) is 60.6 Å². The Hall–Kier alpha value is -3.46. The van der Waals surface area contributed by atoms with Crippen LogP contribution in [-0.2, 0) is 0 Å². The number of hydrogen-bond donors (Lipinski definition) is 4. The fourth-order valence-corrected chi connectivity index (χ4v) is 3.34. The molecule has 138 valence electrons. The standard InChI is InChI=1S/C18H14F2N4O2S/c19-13-5-4-10(7-14(13)20)15-8-12(17(27-15)24-18(21)26)16(25)23-11-3-1-2-6-22-9-11/h1-9,22H,(H,23,25)(H3,21,24,26). The number of primary amides is 1. The summed E-state index contributed by atoms with van der Waals surface area (Å²) in [5.74, 6) is -2.48. The molecule has 9 heteroatoms. The highest BCUT2D eigenvalue weighted by Crippen LogP contribution is 2.36. The molecule has 27 heavy (non-hydrogen) atoms. The number of nitrogens with two attached hydrogens (primary N) is 1. The molecular formula is C18H14F2N4O2S. The van der Waals surface area contributed by atoms with Crippen molar-refractivity contribution >= 4 is 28.3 Å². The molecule has 5 N–H and O–H groups in total.